The Kier molecular flexibility index (Phi) is 3.83. The predicted octanol–water partition coefficient (Wildman–Crippen LogP) is 2.42. The first-order chi connectivity index (χ1) is 10.9. The molecular formula is C15H12ClN3O3S. The lowest BCUT2D eigenvalue weighted by atomic mass is 10.1. The van der Waals surface area contributed by atoms with E-state index in [1.807, 2.05) is 12.1 Å². The maximum Gasteiger partial charge on any atom is 0.346 e. The number of thiophene rings is 1. The van der Waals surface area contributed by atoms with Crippen molar-refractivity contribution in [3.8, 4) is 0 Å². The molecule has 0 saturated heterocycles. The second kappa shape index (κ2) is 5.68. The van der Waals surface area contributed by atoms with Crippen molar-refractivity contribution in [2.75, 3.05) is 5.84 Å². The smallest absolute Gasteiger partial charge is 0.346 e. The molecule has 3 N–H and O–H groups in total. The highest BCUT2D eigenvalue weighted by atomic mass is 35.5. The van der Waals surface area contributed by atoms with Crippen LogP contribution in [0.3, 0.4) is 0 Å². The van der Waals surface area contributed by atoms with Crippen molar-refractivity contribution in [3.05, 3.63) is 61.5 Å². The fourth-order valence-corrected chi connectivity index (χ4v) is 3.51. The molecule has 23 heavy (non-hydrogen) atoms. The summed E-state index contributed by atoms with van der Waals surface area (Å²) in [5.41, 5.74) is 0.846. The van der Waals surface area contributed by atoms with Crippen molar-refractivity contribution in [1.82, 2.24) is 9.66 Å². The molecule has 3 rings (SSSR count). The van der Waals surface area contributed by atoms with Gasteiger partial charge in [-0.3, -0.25) is 4.79 Å². The van der Waals surface area contributed by atoms with Crippen molar-refractivity contribution in [2.45, 2.75) is 13.3 Å². The molecule has 0 amide bonds. The van der Waals surface area contributed by atoms with Crippen LogP contribution >= 0.6 is 22.9 Å². The molecule has 0 fully saturated rings. The van der Waals surface area contributed by atoms with Crippen LogP contribution in [0, 0.1) is 6.92 Å². The molecule has 8 heteroatoms. The van der Waals surface area contributed by atoms with Gasteiger partial charge in [-0.05, 0) is 30.2 Å². The Bertz CT molecular complexity index is 976. The molecule has 0 aliphatic carbocycles. The molecule has 0 atom stereocenters. The number of nitrogens with zero attached hydrogens (tertiary/aromatic N) is 2. The van der Waals surface area contributed by atoms with Crippen LogP contribution in [0.25, 0.3) is 10.2 Å². The zero-order valence-electron chi connectivity index (χ0n) is 12.0. The molecule has 6 nitrogen and oxygen atoms in total. The number of aromatic nitrogens is 2. The Morgan fingerprint density at radius 1 is 1.39 bits per heavy atom. The normalized spacial score (nSPS) is 11.0. The highest BCUT2D eigenvalue weighted by Crippen LogP contribution is 2.27. The minimum Gasteiger partial charge on any atom is -0.477 e. The van der Waals surface area contributed by atoms with Crippen molar-refractivity contribution in [3.63, 3.8) is 0 Å². The van der Waals surface area contributed by atoms with E-state index >= 15 is 0 Å². The first-order valence-corrected chi connectivity index (χ1v) is 7.85. The monoisotopic (exact) mass is 349 g/mol. The number of halogens is 1. The first-order valence-electron chi connectivity index (χ1n) is 6.66. The third-order valence-corrected chi connectivity index (χ3v) is 4.96. The summed E-state index contributed by atoms with van der Waals surface area (Å²) in [6.07, 6.45) is 0.345. The van der Waals surface area contributed by atoms with E-state index in [0.29, 0.717) is 27.7 Å². The number of nitrogen functional groups attached to an aromatic ring is 1. The number of rotatable bonds is 3. The SMILES string of the molecule is Cc1c(C(=O)O)sc2nc(Cc3ccc(Cl)cc3)n(N)c(=O)c12. The number of fused-ring (bicyclic) bond motifs is 1. The third-order valence-electron chi connectivity index (χ3n) is 3.54. The van der Waals surface area contributed by atoms with Crippen LogP contribution in [0.5, 0.6) is 0 Å². The fourth-order valence-electron chi connectivity index (χ4n) is 2.35. The summed E-state index contributed by atoms with van der Waals surface area (Å²) in [4.78, 5) is 28.5. The quantitative estimate of drug-likeness (QED) is 0.707. The number of carbonyl (C=O) groups is 1. The van der Waals surface area contributed by atoms with Gasteiger partial charge in [-0.1, -0.05) is 23.7 Å². The van der Waals surface area contributed by atoms with Crippen molar-refractivity contribution in [1.29, 1.82) is 0 Å². The van der Waals surface area contributed by atoms with Gasteiger partial charge in [0.2, 0.25) is 0 Å². The van der Waals surface area contributed by atoms with E-state index < -0.39 is 11.5 Å². The number of nitrogens with two attached hydrogens (primary N) is 1. The molecular weight excluding hydrogens is 338 g/mol. The number of hydrogen-bond acceptors (Lipinski definition) is 5. The van der Waals surface area contributed by atoms with E-state index in [-0.39, 0.29) is 10.3 Å². The molecule has 0 aliphatic heterocycles. The number of aryl methyl sites for hydroxylation is 1. The number of aromatic carboxylic acids is 1. The van der Waals surface area contributed by atoms with Crippen LogP contribution in [0.1, 0.15) is 26.6 Å². The van der Waals surface area contributed by atoms with Gasteiger partial charge in [-0.25, -0.2) is 14.5 Å². The molecule has 0 unspecified atom stereocenters. The van der Waals surface area contributed by atoms with Gasteiger partial charge in [0, 0.05) is 11.4 Å². The third kappa shape index (κ3) is 2.69. The van der Waals surface area contributed by atoms with Crippen LogP contribution < -0.4 is 11.4 Å². The molecule has 0 aliphatic rings. The standard InChI is InChI=1S/C15H12ClN3O3S/c1-7-11-13(23-12(7)15(21)22)18-10(19(17)14(11)20)6-8-2-4-9(16)5-3-8/h2-5H,6,17H2,1H3,(H,21,22). The topological polar surface area (TPSA) is 98.2 Å². The van der Waals surface area contributed by atoms with Crippen LogP contribution in [0.4, 0.5) is 0 Å². The molecule has 0 spiro atoms. The first kappa shape index (κ1) is 15.5. The van der Waals surface area contributed by atoms with Gasteiger partial charge in [0.05, 0.1) is 5.39 Å². The molecule has 1 aromatic carbocycles. The van der Waals surface area contributed by atoms with Gasteiger partial charge in [-0.2, -0.15) is 0 Å². The van der Waals surface area contributed by atoms with Crippen LogP contribution in [-0.2, 0) is 6.42 Å². The number of benzene rings is 1. The molecule has 3 aromatic rings. The zero-order valence-corrected chi connectivity index (χ0v) is 13.6. The number of hydrogen-bond donors (Lipinski definition) is 2. The summed E-state index contributed by atoms with van der Waals surface area (Å²) in [5.74, 6) is 5.14. The van der Waals surface area contributed by atoms with Crippen molar-refractivity contribution >= 4 is 39.1 Å². The predicted molar refractivity (Wildman–Crippen MR) is 90.0 cm³/mol. The molecule has 118 valence electrons. The van der Waals surface area contributed by atoms with Gasteiger partial charge < -0.3 is 10.9 Å². The number of carboxylic acids is 1. The van der Waals surface area contributed by atoms with Gasteiger partial charge >= 0.3 is 5.97 Å². The summed E-state index contributed by atoms with van der Waals surface area (Å²) >= 11 is 6.83. The minimum absolute atomic E-state index is 0.105. The van der Waals surface area contributed by atoms with Gasteiger partial charge in [0.15, 0.2) is 0 Å². The van der Waals surface area contributed by atoms with Gasteiger partial charge in [0.1, 0.15) is 15.5 Å². The van der Waals surface area contributed by atoms with Crippen molar-refractivity contribution < 1.29 is 9.90 Å². The summed E-state index contributed by atoms with van der Waals surface area (Å²) in [7, 11) is 0. The van der Waals surface area contributed by atoms with Crippen LogP contribution in [0.2, 0.25) is 5.02 Å². The Morgan fingerprint density at radius 2 is 2.04 bits per heavy atom. The minimum atomic E-state index is -1.08. The lowest BCUT2D eigenvalue weighted by Gasteiger charge is -2.07. The second-order valence-corrected chi connectivity index (χ2v) is 6.48. The zero-order chi connectivity index (χ0) is 16.7. The lowest BCUT2D eigenvalue weighted by molar-refractivity contribution is 0.0701. The summed E-state index contributed by atoms with van der Waals surface area (Å²) < 4.78 is 0.974. The van der Waals surface area contributed by atoms with Crippen molar-refractivity contribution in [2.24, 2.45) is 0 Å². The van der Waals surface area contributed by atoms with E-state index in [1.165, 1.54) is 0 Å². The maximum atomic E-state index is 12.4. The van der Waals surface area contributed by atoms with E-state index in [0.717, 1.165) is 21.6 Å². The Labute approximate surface area is 139 Å². The highest BCUT2D eigenvalue weighted by molar-refractivity contribution is 7.20. The highest BCUT2D eigenvalue weighted by Gasteiger charge is 2.20. The second-order valence-electron chi connectivity index (χ2n) is 5.05. The summed E-state index contributed by atoms with van der Waals surface area (Å²) in [6, 6.07) is 7.13. The summed E-state index contributed by atoms with van der Waals surface area (Å²) in [5, 5.41) is 10.1. The van der Waals surface area contributed by atoms with E-state index in [9.17, 15) is 14.7 Å². The molecule has 2 heterocycles. The maximum absolute atomic E-state index is 12.4. The van der Waals surface area contributed by atoms with Crippen LogP contribution in [-0.4, -0.2) is 20.7 Å². The molecule has 0 radical (unpaired) electrons. The average Bonchev–Trinajstić information content (AvgIpc) is 2.84. The van der Waals surface area contributed by atoms with E-state index in [1.54, 1.807) is 19.1 Å². The molecule has 0 bridgehead atoms. The van der Waals surface area contributed by atoms with E-state index in [2.05, 4.69) is 4.98 Å². The summed E-state index contributed by atoms with van der Waals surface area (Å²) in [6.45, 7) is 1.59. The van der Waals surface area contributed by atoms with Gasteiger partial charge in [0.25, 0.3) is 5.56 Å². The van der Waals surface area contributed by atoms with Crippen LogP contribution in [0.15, 0.2) is 29.1 Å². The lowest BCUT2D eigenvalue weighted by Crippen LogP contribution is -2.31. The Hall–Kier alpha value is -2.38. The molecule has 2 aromatic heterocycles. The molecule has 0 saturated carbocycles. The fraction of sp³-hybridized carbons (Fsp3) is 0.133. The van der Waals surface area contributed by atoms with Gasteiger partial charge in [-0.15, -0.1) is 11.3 Å². The Morgan fingerprint density at radius 3 is 2.65 bits per heavy atom. The Balaban J connectivity index is 2.15. The average molecular weight is 350 g/mol. The van der Waals surface area contributed by atoms with E-state index in [4.69, 9.17) is 17.4 Å². The number of carboxylic acid groups (broad SMARTS) is 1. The largest absolute Gasteiger partial charge is 0.477 e.